The number of nitrogens with zero attached hydrogens (tertiary/aromatic N) is 1. The highest BCUT2D eigenvalue weighted by atomic mass is 16.5. The molecule has 2 amide bonds. The standard InChI is InChI=1S/C24H30N4O3/c1-4-31-11-5-10-25-23(29)17-7-9-21-19(13-17)22-20(14-26-21)24(30)28(27-22)18-8-6-15(2)16(3)12-18/h6-9,12-13,20,22,26-27H,4-5,10-11,14H2,1-3H3,(H,25,29). The first-order valence-electron chi connectivity index (χ1n) is 10.9. The summed E-state index contributed by atoms with van der Waals surface area (Å²) in [7, 11) is 0. The first-order chi connectivity index (χ1) is 15.0. The molecule has 7 heteroatoms. The Labute approximate surface area is 183 Å². The molecular formula is C24H30N4O3. The highest BCUT2D eigenvalue weighted by Crippen LogP contribution is 2.40. The van der Waals surface area contributed by atoms with Crippen LogP contribution < -0.4 is 21.1 Å². The summed E-state index contributed by atoms with van der Waals surface area (Å²) >= 11 is 0. The maximum absolute atomic E-state index is 13.1. The molecule has 0 aliphatic carbocycles. The monoisotopic (exact) mass is 422 g/mol. The summed E-state index contributed by atoms with van der Waals surface area (Å²) in [5.41, 5.74) is 9.06. The van der Waals surface area contributed by atoms with Crippen LogP contribution >= 0.6 is 0 Å². The Morgan fingerprint density at radius 3 is 2.81 bits per heavy atom. The van der Waals surface area contributed by atoms with Gasteiger partial charge < -0.3 is 15.4 Å². The number of carbonyl (C=O) groups is 2. The molecule has 2 unspecified atom stereocenters. The van der Waals surface area contributed by atoms with Crippen molar-refractivity contribution in [3.63, 3.8) is 0 Å². The van der Waals surface area contributed by atoms with E-state index in [0.29, 0.717) is 31.9 Å². The molecule has 2 atom stereocenters. The van der Waals surface area contributed by atoms with E-state index >= 15 is 0 Å². The van der Waals surface area contributed by atoms with Gasteiger partial charge in [0, 0.05) is 37.6 Å². The van der Waals surface area contributed by atoms with Crippen molar-refractivity contribution in [1.82, 2.24) is 10.7 Å². The Bertz CT molecular complexity index is 991. The number of hydrogen-bond donors (Lipinski definition) is 3. The lowest BCUT2D eigenvalue weighted by molar-refractivity contribution is -0.120. The van der Waals surface area contributed by atoms with Crippen LogP contribution in [0, 0.1) is 19.8 Å². The molecule has 2 aliphatic heterocycles. The molecule has 2 aliphatic rings. The fourth-order valence-electron chi connectivity index (χ4n) is 4.12. The second kappa shape index (κ2) is 9.08. The van der Waals surface area contributed by atoms with Crippen molar-refractivity contribution in [3.8, 4) is 0 Å². The Kier molecular flexibility index (Phi) is 6.25. The summed E-state index contributed by atoms with van der Waals surface area (Å²) in [6, 6.07) is 11.5. The number of anilines is 2. The molecule has 0 spiro atoms. The number of ether oxygens (including phenoxy) is 1. The number of carbonyl (C=O) groups excluding carboxylic acids is 2. The summed E-state index contributed by atoms with van der Waals surface area (Å²) in [5.74, 6) is -0.299. The van der Waals surface area contributed by atoms with Crippen LogP contribution in [0.15, 0.2) is 36.4 Å². The highest BCUT2D eigenvalue weighted by molar-refractivity contribution is 5.99. The third kappa shape index (κ3) is 4.29. The van der Waals surface area contributed by atoms with Gasteiger partial charge in [-0.1, -0.05) is 6.07 Å². The van der Waals surface area contributed by atoms with Crippen LogP contribution in [-0.2, 0) is 9.53 Å². The lowest BCUT2D eigenvalue weighted by atomic mass is 9.88. The summed E-state index contributed by atoms with van der Waals surface area (Å²) < 4.78 is 5.31. The van der Waals surface area contributed by atoms with Crippen LogP contribution in [0.25, 0.3) is 0 Å². The van der Waals surface area contributed by atoms with Crippen molar-refractivity contribution in [2.75, 3.05) is 36.6 Å². The van der Waals surface area contributed by atoms with E-state index in [1.807, 2.05) is 50.2 Å². The van der Waals surface area contributed by atoms with E-state index < -0.39 is 0 Å². The molecule has 2 aromatic carbocycles. The lowest BCUT2D eigenvalue weighted by Crippen LogP contribution is -2.35. The Balaban J connectivity index is 1.51. The van der Waals surface area contributed by atoms with Gasteiger partial charge in [0.25, 0.3) is 5.91 Å². The Morgan fingerprint density at radius 1 is 1.19 bits per heavy atom. The number of aryl methyl sites for hydroxylation is 2. The van der Waals surface area contributed by atoms with Crippen molar-refractivity contribution < 1.29 is 14.3 Å². The van der Waals surface area contributed by atoms with E-state index in [4.69, 9.17) is 4.74 Å². The largest absolute Gasteiger partial charge is 0.384 e. The molecule has 2 aromatic rings. The molecule has 1 saturated heterocycles. The molecule has 0 aromatic heterocycles. The molecule has 2 heterocycles. The molecule has 4 rings (SSSR count). The highest BCUT2D eigenvalue weighted by Gasteiger charge is 2.44. The Hall–Kier alpha value is -2.90. The SMILES string of the molecule is CCOCCCNC(=O)c1ccc2c(c1)C1NN(c3ccc(C)c(C)c3)C(=O)C1CN2. The summed E-state index contributed by atoms with van der Waals surface area (Å²) in [6.45, 7) is 8.50. The van der Waals surface area contributed by atoms with Crippen molar-refractivity contribution >= 4 is 23.2 Å². The second-order valence-corrected chi connectivity index (χ2v) is 8.14. The van der Waals surface area contributed by atoms with E-state index in [-0.39, 0.29) is 23.8 Å². The first kappa shape index (κ1) is 21.3. The lowest BCUT2D eigenvalue weighted by Gasteiger charge is -2.27. The Morgan fingerprint density at radius 2 is 2.03 bits per heavy atom. The van der Waals surface area contributed by atoms with Crippen LogP contribution in [0.5, 0.6) is 0 Å². The molecule has 31 heavy (non-hydrogen) atoms. The molecule has 1 fully saturated rings. The number of fused-ring (bicyclic) bond motifs is 3. The smallest absolute Gasteiger partial charge is 0.251 e. The van der Waals surface area contributed by atoms with Crippen LogP contribution in [0.2, 0.25) is 0 Å². The van der Waals surface area contributed by atoms with Gasteiger partial charge in [-0.2, -0.15) is 0 Å². The predicted octanol–water partition coefficient (Wildman–Crippen LogP) is 3.09. The predicted molar refractivity (Wildman–Crippen MR) is 121 cm³/mol. The zero-order valence-corrected chi connectivity index (χ0v) is 18.3. The number of hydrogen-bond acceptors (Lipinski definition) is 5. The van der Waals surface area contributed by atoms with Crippen molar-refractivity contribution in [3.05, 3.63) is 58.7 Å². The van der Waals surface area contributed by atoms with Gasteiger partial charge >= 0.3 is 0 Å². The zero-order valence-electron chi connectivity index (χ0n) is 18.3. The van der Waals surface area contributed by atoms with E-state index in [9.17, 15) is 9.59 Å². The summed E-state index contributed by atoms with van der Waals surface area (Å²) in [5, 5.41) is 7.95. The molecular weight excluding hydrogens is 392 g/mol. The van der Waals surface area contributed by atoms with Crippen molar-refractivity contribution in [1.29, 1.82) is 0 Å². The van der Waals surface area contributed by atoms with Gasteiger partial charge in [0.15, 0.2) is 0 Å². The van der Waals surface area contributed by atoms with Gasteiger partial charge in [0.05, 0.1) is 17.6 Å². The van der Waals surface area contributed by atoms with E-state index in [0.717, 1.165) is 28.9 Å². The molecule has 164 valence electrons. The molecule has 7 nitrogen and oxygen atoms in total. The van der Waals surface area contributed by atoms with Crippen LogP contribution in [0.4, 0.5) is 11.4 Å². The third-order valence-corrected chi connectivity index (χ3v) is 6.07. The van der Waals surface area contributed by atoms with Crippen LogP contribution in [0.3, 0.4) is 0 Å². The quantitative estimate of drug-likeness (QED) is 0.598. The zero-order chi connectivity index (χ0) is 22.0. The second-order valence-electron chi connectivity index (χ2n) is 8.14. The van der Waals surface area contributed by atoms with Gasteiger partial charge in [0.2, 0.25) is 5.91 Å². The van der Waals surface area contributed by atoms with Crippen LogP contribution in [0.1, 0.15) is 46.4 Å². The summed E-state index contributed by atoms with van der Waals surface area (Å²) in [4.78, 5) is 25.7. The molecule has 0 bridgehead atoms. The number of amides is 2. The minimum Gasteiger partial charge on any atom is -0.384 e. The topological polar surface area (TPSA) is 82.7 Å². The maximum Gasteiger partial charge on any atom is 0.251 e. The van der Waals surface area contributed by atoms with Crippen LogP contribution in [-0.4, -0.2) is 38.1 Å². The van der Waals surface area contributed by atoms with Gasteiger partial charge in [0.1, 0.15) is 0 Å². The number of rotatable bonds is 7. The van der Waals surface area contributed by atoms with Crippen molar-refractivity contribution in [2.45, 2.75) is 33.2 Å². The van der Waals surface area contributed by atoms with Gasteiger partial charge in [-0.25, -0.2) is 10.4 Å². The van der Waals surface area contributed by atoms with E-state index in [1.54, 1.807) is 5.01 Å². The minimum atomic E-state index is -0.224. The normalized spacial score (nSPS) is 19.6. The van der Waals surface area contributed by atoms with E-state index in [1.165, 1.54) is 5.56 Å². The average molecular weight is 423 g/mol. The minimum absolute atomic E-state index is 0.0391. The summed E-state index contributed by atoms with van der Waals surface area (Å²) in [6.07, 6.45) is 0.776. The van der Waals surface area contributed by atoms with Gasteiger partial charge in [-0.05, 0) is 74.2 Å². The average Bonchev–Trinajstić information content (AvgIpc) is 3.12. The van der Waals surface area contributed by atoms with Gasteiger partial charge in [-0.15, -0.1) is 0 Å². The molecule has 0 saturated carbocycles. The third-order valence-electron chi connectivity index (χ3n) is 6.07. The molecule has 3 N–H and O–H groups in total. The van der Waals surface area contributed by atoms with Crippen molar-refractivity contribution in [2.24, 2.45) is 5.92 Å². The van der Waals surface area contributed by atoms with E-state index in [2.05, 4.69) is 23.0 Å². The maximum atomic E-state index is 13.1. The fourth-order valence-corrected chi connectivity index (χ4v) is 4.12. The fraction of sp³-hybridized carbons (Fsp3) is 0.417. The number of nitrogens with one attached hydrogen (secondary N) is 3. The first-order valence-corrected chi connectivity index (χ1v) is 10.9. The molecule has 0 radical (unpaired) electrons. The number of benzene rings is 2. The van der Waals surface area contributed by atoms with Gasteiger partial charge in [-0.3, -0.25) is 9.59 Å². The number of hydrazine groups is 1.